The molecule has 0 aromatic carbocycles. The van der Waals surface area contributed by atoms with Gasteiger partial charge in [0.2, 0.25) is 0 Å². The summed E-state index contributed by atoms with van der Waals surface area (Å²) < 4.78 is 7.54. The molecule has 2 aromatic rings. The van der Waals surface area contributed by atoms with E-state index in [0.717, 1.165) is 22.3 Å². The molecule has 142 valence electrons. The van der Waals surface area contributed by atoms with E-state index in [1.807, 2.05) is 55.6 Å². The Balaban J connectivity index is 1.87. The number of pyridine rings is 1. The number of carbonyl (C=O) groups excluding carboxylic acids is 2. The zero-order valence-electron chi connectivity index (χ0n) is 16.4. The van der Waals surface area contributed by atoms with Gasteiger partial charge in [-0.2, -0.15) is 0 Å². The van der Waals surface area contributed by atoms with Gasteiger partial charge in [-0.05, 0) is 57.5 Å². The molecule has 1 aliphatic rings. The molecule has 6 nitrogen and oxygen atoms in total. The zero-order valence-corrected chi connectivity index (χ0v) is 16.4. The number of aromatic nitrogens is 1. The summed E-state index contributed by atoms with van der Waals surface area (Å²) in [4.78, 5) is 29.0. The van der Waals surface area contributed by atoms with Gasteiger partial charge in [0, 0.05) is 36.6 Å². The molecular weight excluding hydrogens is 342 g/mol. The van der Waals surface area contributed by atoms with Crippen molar-refractivity contribution in [2.75, 3.05) is 13.7 Å². The molecule has 0 radical (unpaired) electrons. The van der Waals surface area contributed by atoms with E-state index in [4.69, 9.17) is 4.74 Å². The van der Waals surface area contributed by atoms with Gasteiger partial charge >= 0.3 is 0 Å². The van der Waals surface area contributed by atoms with Crippen molar-refractivity contribution in [2.45, 2.75) is 33.8 Å². The molecule has 2 aromatic heterocycles. The van der Waals surface area contributed by atoms with E-state index in [9.17, 15) is 9.59 Å². The normalized spacial score (nSPS) is 18.3. The first-order chi connectivity index (χ1) is 12.8. The van der Waals surface area contributed by atoms with Gasteiger partial charge in [-0.3, -0.25) is 9.59 Å². The summed E-state index contributed by atoms with van der Waals surface area (Å²) in [6, 6.07) is 5.76. The molecule has 0 spiro atoms. The molecule has 6 heteroatoms. The van der Waals surface area contributed by atoms with Gasteiger partial charge in [-0.25, -0.2) is 4.99 Å². The maximum atomic E-state index is 12.9. The molecule has 1 N–H and O–H groups in total. The number of amides is 2. The van der Waals surface area contributed by atoms with Crippen LogP contribution < -0.4 is 5.32 Å². The minimum atomic E-state index is -0.410. The van der Waals surface area contributed by atoms with E-state index in [1.165, 1.54) is 0 Å². The lowest BCUT2D eigenvalue weighted by Crippen LogP contribution is -2.35. The Morgan fingerprint density at radius 3 is 2.78 bits per heavy atom. The highest BCUT2D eigenvalue weighted by molar-refractivity contribution is 6.06. The zero-order chi connectivity index (χ0) is 19.7. The van der Waals surface area contributed by atoms with Crippen LogP contribution in [0.15, 0.2) is 41.0 Å². The molecule has 2 atom stereocenters. The number of fused-ring (bicyclic) bond motifs is 1. The van der Waals surface area contributed by atoms with E-state index in [1.54, 1.807) is 14.0 Å². The number of hydrogen-bond donors (Lipinski definition) is 1. The van der Waals surface area contributed by atoms with Crippen LogP contribution in [0.2, 0.25) is 0 Å². The van der Waals surface area contributed by atoms with Crippen molar-refractivity contribution in [1.29, 1.82) is 0 Å². The maximum Gasteiger partial charge on any atom is 0.254 e. The molecule has 3 rings (SSSR count). The smallest absolute Gasteiger partial charge is 0.254 e. The van der Waals surface area contributed by atoms with Crippen molar-refractivity contribution >= 4 is 23.0 Å². The molecule has 0 saturated carbocycles. The molecular formula is C21H25N3O3. The van der Waals surface area contributed by atoms with Gasteiger partial charge in [0.25, 0.3) is 11.8 Å². The average molecular weight is 367 g/mol. The first kappa shape index (κ1) is 19.0. The van der Waals surface area contributed by atoms with Crippen molar-refractivity contribution in [3.05, 3.63) is 52.9 Å². The van der Waals surface area contributed by atoms with Gasteiger partial charge in [0.15, 0.2) is 0 Å². The van der Waals surface area contributed by atoms with Crippen LogP contribution in [0.3, 0.4) is 0 Å². The molecule has 0 aliphatic carbocycles. The van der Waals surface area contributed by atoms with Gasteiger partial charge < -0.3 is 14.5 Å². The first-order valence-electron chi connectivity index (χ1n) is 9.02. The molecule has 0 bridgehead atoms. The first-order valence-corrected chi connectivity index (χ1v) is 9.02. The van der Waals surface area contributed by atoms with E-state index in [-0.39, 0.29) is 24.5 Å². The fourth-order valence-corrected chi connectivity index (χ4v) is 3.60. The Morgan fingerprint density at radius 2 is 2.11 bits per heavy atom. The molecule has 27 heavy (non-hydrogen) atoms. The monoisotopic (exact) mass is 367 g/mol. The minimum absolute atomic E-state index is 0.157. The van der Waals surface area contributed by atoms with Crippen LogP contribution in [0.1, 0.15) is 48.5 Å². The van der Waals surface area contributed by atoms with Crippen molar-refractivity contribution in [3.8, 4) is 0 Å². The van der Waals surface area contributed by atoms with E-state index >= 15 is 0 Å². The Kier molecular flexibility index (Phi) is 5.28. The van der Waals surface area contributed by atoms with Crippen LogP contribution in [0.5, 0.6) is 0 Å². The minimum Gasteiger partial charge on any atom is -0.376 e. The molecule has 3 heterocycles. The third kappa shape index (κ3) is 3.57. The summed E-state index contributed by atoms with van der Waals surface area (Å²) in [7, 11) is 1.65. The number of ether oxygens (including phenoxy) is 1. The second-order valence-electron chi connectivity index (χ2n) is 6.99. The number of carbonyl (C=O) groups is 2. The van der Waals surface area contributed by atoms with Crippen LogP contribution >= 0.6 is 0 Å². The number of rotatable bonds is 5. The van der Waals surface area contributed by atoms with Gasteiger partial charge in [-0.15, -0.1) is 0 Å². The van der Waals surface area contributed by atoms with E-state index in [0.29, 0.717) is 11.3 Å². The van der Waals surface area contributed by atoms with E-state index in [2.05, 4.69) is 10.3 Å². The van der Waals surface area contributed by atoms with Crippen LogP contribution in [0.4, 0.5) is 0 Å². The third-order valence-electron chi connectivity index (χ3n) is 5.14. The van der Waals surface area contributed by atoms with Gasteiger partial charge in [0.05, 0.1) is 17.7 Å². The number of allylic oxidation sites excluding steroid dienone is 1. The lowest BCUT2D eigenvalue weighted by atomic mass is 9.95. The molecule has 2 amide bonds. The molecule has 0 saturated heterocycles. The third-order valence-corrected chi connectivity index (χ3v) is 5.14. The second kappa shape index (κ2) is 7.48. The van der Waals surface area contributed by atoms with Crippen LogP contribution in [-0.4, -0.2) is 35.6 Å². The highest BCUT2D eigenvalue weighted by Crippen LogP contribution is 2.26. The Hall–Kier alpha value is -2.73. The van der Waals surface area contributed by atoms with Crippen molar-refractivity contribution in [3.63, 3.8) is 0 Å². The fraction of sp³-hybridized carbons (Fsp3) is 0.381. The standard InChI is InChI=1S/C21H25N3O3/c1-12-9-13(2)23-21(26)18(12)11-22-20(25)17-10-16-7-6-8-24(16)19(14(17)3)15(4)27-5/h6-10,15,18H,11H2,1-5H3,(H,22,25). The van der Waals surface area contributed by atoms with Crippen LogP contribution in [0, 0.1) is 12.8 Å². The Morgan fingerprint density at radius 1 is 1.37 bits per heavy atom. The number of hydrogen-bond acceptors (Lipinski definition) is 3. The van der Waals surface area contributed by atoms with Crippen molar-refractivity contribution < 1.29 is 14.3 Å². The lowest BCUT2D eigenvalue weighted by molar-refractivity contribution is -0.120. The maximum absolute atomic E-state index is 12.9. The highest BCUT2D eigenvalue weighted by Gasteiger charge is 2.25. The average Bonchev–Trinajstić information content (AvgIpc) is 3.07. The number of methoxy groups -OCH3 is 1. The summed E-state index contributed by atoms with van der Waals surface area (Å²) in [6.07, 6.45) is 3.69. The second-order valence-corrected chi connectivity index (χ2v) is 6.99. The molecule has 1 aliphatic heterocycles. The van der Waals surface area contributed by atoms with Crippen molar-refractivity contribution in [1.82, 2.24) is 9.72 Å². The predicted molar refractivity (Wildman–Crippen MR) is 105 cm³/mol. The summed E-state index contributed by atoms with van der Waals surface area (Å²) in [5, 5.41) is 2.91. The number of nitrogens with one attached hydrogen (secondary N) is 1. The number of aliphatic imine (C=N–C) groups is 1. The Bertz CT molecular complexity index is 968. The van der Waals surface area contributed by atoms with Crippen LogP contribution in [0.25, 0.3) is 5.52 Å². The summed E-state index contributed by atoms with van der Waals surface area (Å²) in [5.74, 6) is -0.819. The fourth-order valence-electron chi connectivity index (χ4n) is 3.60. The van der Waals surface area contributed by atoms with E-state index < -0.39 is 5.92 Å². The topological polar surface area (TPSA) is 72.2 Å². The quantitative estimate of drug-likeness (QED) is 0.882. The van der Waals surface area contributed by atoms with Crippen LogP contribution in [-0.2, 0) is 9.53 Å². The SMILES string of the molecule is COC(C)c1c(C)c(C(=O)NCC2C(=O)N=C(C)C=C2C)cc2cccn12. The highest BCUT2D eigenvalue weighted by atomic mass is 16.5. The molecule has 2 unspecified atom stereocenters. The Labute approximate surface area is 158 Å². The van der Waals surface area contributed by atoms with Gasteiger partial charge in [0.1, 0.15) is 0 Å². The molecule has 0 fully saturated rings. The number of nitrogens with zero attached hydrogens (tertiary/aromatic N) is 2. The van der Waals surface area contributed by atoms with Crippen molar-refractivity contribution in [2.24, 2.45) is 10.9 Å². The predicted octanol–water partition coefficient (Wildman–Crippen LogP) is 3.25. The summed E-state index contributed by atoms with van der Waals surface area (Å²) in [6.45, 7) is 7.80. The lowest BCUT2D eigenvalue weighted by Gasteiger charge is -2.21. The van der Waals surface area contributed by atoms with Gasteiger partial charge in [-0.1, -0.05) is 5.57 Å². The summed E-state index contributed by atoms with van der Waals surface area (Å²) >= 11 is 0. The largest absolute Gasteiger partial charge is 0.376 e. The summed E-state index contributed by atoms with van der Waals surface area (Å²) in [5.41, 5.74) is 4.93. The number of dihydropyridines is 1.